The lowest BCUT2D eigenvalue weighted by Crippen LogP contribution is -2.33. The van der Waals surface area contributed by atoms with E-state index in [1.54, 1.807) is 13.0 Å². The van der Waals surface area contributed by atoms with Crippen molar-refractivity contribution in [3.05, 3.63) is 27.3 Å². The summed E-state index contributed by atoms with van der Waals surface area (Å²) >= 11 is 2.02. The van der Waals surface area contributed by atoms with Crippen LogP contribution in [0.15, 0.2) is 18.2 Å². The van der Waals surface area contributed by atoms with Gasteiger partial charge < -0.3 is 15.2 Å². The summed E-state index contributed by atoms with van der Waals surface area (Å²) in [6.07, 6.45) is -0.669. The molecule has 1 aromatic carbocycles. The summed E-state index contributed by atoms with van der Waals surface area (Å²) in [7, 11) is 1.51. The van der Waals surface area contributed by atoms with Crippen molar-refractivity contribution in [1.29, 1.82) is 0 Å². The van der Waals surface area contributed by atoms with Gasteiger partial charge in [-0.25, -0.2) is 4.79 Å². The molecule has 1 rings (SSSR count). The molecule has 0 aliphatic heterocycles. The Morgan fingerprint density at radius 2 is 2.12 bits per heavy atom. The van der Waals surface area contributed by atoms with E-state index in [0.29, 0.717) is 5.75 Å². The van der Waals surface area contributed by atoms with Crippen LogP contribution in [0.4, 0.5) is 0 Å². The molecule has 92 valence electrons. The van der Waals surface area contributed by atoms with Gasteiger partial charge in [-0.05, 0) is 47.7 Å². The maximum Gasteiger partial charge on any atom is 0.335 e. The number of halogens is 1. The van der Waals surface area contributed by atoms with Gasteiger partial charge in [-0.3, -0.25) is 4.79 Å². The molecule has 0 fully saturated rings. The zero-order valence-corrected chi connectivity index (χ0v) is 11.5. The number of carbonyl (C=O) groups excluding carboxylic acids is 1. The van der Waals surface area contributed by atoms with E-state index in [2.05, 4.69) is 5.32 Å². The zero-order chi connectivity index (χ0) is 13.0. The number of nitrogens with one attached hydrogen (secondary N) is 1. The van der Waals surface area contributed by atoms with Crippen LogP contribution >= 0.6 is 22.6 Å². The highest BCUT2D eigenvalue weighted by atomic mass is 127. The molecule has 1 unspecified atom stereocenters. The van der Waals surface area contributed by atoms with Crippen LogP contribution in [-0.2, 0) is 4.79 Å². The highest BCUT2D eigenvalue weighted by Gasteiger charge is 2.15. The van der Waals surface area contributed by atoms with Crippen molar-refractivity contribution < 1.29 is 19.4 Å². The van der Waals surface area contributed by atoms with Crippen LogP contribution in [0.5, 0.6) is 5.75 Å². The number of hydrogen-bond donors (Lipinski definition) is 2. The Morgan fingerprint density at radius 3 is 2.65 bits per heavy atom. The molecule has 1 aromatic rings. The molecular formula is C11H12INO4. The molecule has 0 aliphatic rings. The number of amides is 1. The van der Waals surface area contributed by atoms with Gasteiger partial charge in [0.1, 0.15) is 5.75 Å². The first-order valence-electron chi connectivity index (χ1n) is 4.86. The smallest absolute Gasteiger partial charge is 0.335 e. The van der Waals surface area contributed by atoms with E-state index >= 15 is 0 Å². The molecule has 0 heterocycles. The van der Waals surface area contributed by atoms with E-state index in [0.717, 1.165) is 3.57 Å². The standard InChI is InChI=1S/C11H12INO4/c1-6(10(14)13-2)17-9-5-7(11(15)16)3-4-8(9)12/h3-6H,1-2H3,(H,13,14)(H,15,16). The summed E-state index contributed by atoms with van der Waals surface area (Å²) in [5, 5.41) is 11.3. The van der Waals surface area contributed by atoms with Crippen molar-refractivity contribution >= 4 is 34.5 Å². The van der Waals surface area contributed by atoms with Crippen LogP contribution < -0.4 is 10.1 Å². The Bertz CT molecular complexity index is 447. The van der Waals surface area contributed by atoms with Gasteiger partial charge >= 0.3 is 5.97 Å². The molecule has 2 N–H and O–H groups in total. The van der Waals surface area contributed by atoms with Crippen molar-refractivity contribution in [2.24, 2.45) is 0 Å². The summed E-state index contributed by atoms with van der Waals surface area (Å²) in [6, 6.07) is 4.53. The molecule has 0 bridgehead atoms. The third kappa shape index (κ3) is 3.58. The normalized spacial score (nSPS) is 11.7. The number of rotatable bonds is 4. The fourth-order valence-corrected chi connectivity index (χ4v) is 1.64. The van der Waals surface area contributed by atoms with E-state index in [4.69, 9.17) is 9.84 Å². The predicted octanol–water partition coefficient (Wildman–Crippen LogP) is 1.50. The molecule has 0 aliphatic carbocycles. The Labute approximate surface area is 112 Å². The first kappa shape index (κ1) is 13.8. The minimum absolute atomic E-state index is 0.129. The number of carboxylic acids is 1. The minimum atomic E-state index is -1.03. The highest BCUT2D eigenvalue weighted by molar-refractivity contribution is 14.1. The number of hydrogen-bond acceptors (Lipinski definition) is 3. The second kappa shape index (κ2) is 5.85. The van der Waals surface area contributed by atoms with Gasteiger partial charge in [0.15, 0.2) is 6.10 Å². The Kier molecular flexibility index (Phi) is 4.73. The van der Waals surface area contributed by atoms with Gasteiger partial charge in [0.25, 0.3) is 5.91 Å². The van der Waals surface area contributed by atoms with E-state index in [9.17, 15) is 9.59 Å². The van der Waals surface area contributed by atoms with Crippen LogP contribution in [-0.4, -0.2) is 30.1 Å². The molecule has 0 spiro atoms. The Balaban J connectivity index is 2.93. The monoisotopic (exact) mass is 349 g/mol. The van der Waals surface area contributed by atoms with Gasteiger partial charge in [-0.15, -0.1) is 0 Å². The van der Waals surface area contributed by atoms with E-state index in [1.165, 1.54) is 19.2 Å². The van der Waals surface area contributed by atoms with Gasteiger partial charge in [0, 0.05) is 7.05 Å². The topological polar surface area (TPSA) is 75.6 Å². The van der Waals surface area contributed by atoms with Gasteiger partial charge in [0.05, 0.1) is 9.13 Å². The first-order chi connectivity index (χ1) is 7.95. The fraction of sp³-hybridized carbons (Fsp3) is 0.273. The zero-order valence-electron chi connectivity index (χ0n) is 9.36. The molecule has 0 radical (unpaired) electrons. The van der Waals surface area contributed by atoms with Crippen molar-refractivity contribution in [1.82, 2.24) is 5.32 Å². The van der Waals surface area contributed by atoms with Crippen LogP contribution in [0.3, 0.4) is 0 Å². The first-order valence-corrected chi connectivity index (χ1v) is 5.94. The van der Waals surface area contributed by atoms with Crippen LogP contribution in [0.25, 0.3) is 0 Å². The van der Waals surface area contributed by atoms with Crippen LogP contribution in [0.1, 0.15) is 17.3 Å². The average molecular weight is 349 g/mol. The number of ether oxygens (including phenoxy) is 1. The molecular weight excluding hydrogens is 337 g/mol. The molecule has 0 saturated heterocycles. The SMILES string of the molecule is CNC(=O)C(C)Oc1cc(C(=O)O)ccc1I. The predicted molar refractivity (Wildman–Crippen MR) is 70.3 cm³/mol. The number of aromatic carboxylic acids is 1. The number of benzene rings is 1. The molecule has 5 nitrogen and oxygen atoms in total. The maximum atomic E-state index is 11.3. The van der Waals surface area contributed by atoms with Gasteiger partial charge in [-0.2, -0.15) is 0 Å². The summed E-state index contributed by atoms with van der Waals surface area (Å²) < 4.78 is 6.16. The minimum Gasteiger partial charge on any atom is -0.480 e. The molecule has 1 atom stereocenters. The number of likely N-dealkylation sites (N-methyl/N-ethyl adjacent to an activating group) is 1. The number of carbonyl (C=O) groups is 2. The quantitative estimate of drug-likeness (QED) is 0.808. The second-order valence-corrected chi connectivity index (χ2v) is 4.49. The van der Waals surface area contributed by atoms with Gasteiger partial charge in [0.2, 0.25) is 0 Å². The fourth-order valence-electron chi connectivity index (χ4n) is 1.17. The van der Waals surface area contributed by atoms with E-state index in [-0.39, 0.29) is 11.5 Å². The van der Waals surface area contributed by atoms with E-state index < -0.39 is 12.1 Å². The van der Waals surface area contributed by atoms with Crippen molar-refractivity contribution in [2.75, 3.05) is 7.05 Å². The largest absolute Gasteiger partial charge is 0.480 e. The highest BCUT2D eigenvalue weighted by Crippen LogP contribution is 2.23. The van der Waals surface area contributed by atoms with Gasteiger partial charge in [-0.1, -0.05) is 0 Å². The molecule has 1 amide bonds. The summed E-state index contributed by atoms with van der Waals surface area (Å²) in [4.78, 5) is 22.1. The van der Waals surface area contributed by atoms with Crippen molar-refractivity contribution in [3.8, 4) is 5.75 Å². The van der Waals surface area contributed by atoms with Crippen molar-refractivity contribution in [3.63, 3.8) is 0 Å². The van der Waals surface area contributed by atoms with Crippen molar-refractivity contribution in [2.45, 2.75) is 13.0 Å². The molecule has 0 aromatic heterocycles. The summed E-state index contributed by atoms with van der Waals surface area (Å²) in [5.41, 5.74) is 0.129. The second-order valence-electron chi connectivity index (χ2n) is 3.32. The lowest BCUT2D eigenvalue weighted by atomic mass is 10.2. The molecule has 0 saturated carbocycles. The third-order valence-electron chi connectivity index (χ3n) is 2.10. The lowest BCUT2D eigenvalue weighted by molar-refractivity contribution is -0.126. The Morgan fingerprint density at radius 1 is 1.47 bits per heavy atom. The lowest BCUT2D eigenvalue weighted by Gasteiger charge is -2.14. The summed E-state index contributed by atoms with van der Waals surface area (Å²) in [6.45, 7) is 1.60. The average Bonchev–Trinajstić information content (AvgIpc) is 2.30. The van der Waals surface area contributed by atoms with Crippen LogP contribution in [0, 0.1) is 3.57 Å². The van der Waals surface area contributed by atoms with Crippen LogP contribution in [0.2, 0.25) is 0 Å². The Hall–Kier alpha value is -1.31. The molecule has 17 heavy (non-hydrogen) atoms. The van der Waals surface area contributed by atoms with E-state index in [1.807, 2.05) is 22.6 Å². The molecule has 6 heteroatoms. The maximum absolute atomic E-state index is 11.3. The third-order valence-corrected chi connectivity index (χ3v) is 2.99. The summed E-state index contributed by atoms with van der Waals surface area (Å²) in [5.74, 6) is -0.901. The number of carboxylic acid groups (broad SMARTS) is 1.